The number of thioether (sulfide) groups is 1. The van der Waals surface area contributed by atoms with Crippen molar-refractivity contribution >= 4 is 17.7 Å². The number of rotatable bonds is 7. The monoisotopic (exact) mass is 347 g/mol. The topological polar surface area (TPSA) is 68.0 Å². The average molecular weight is 347 g/mol. The van der Waals surface area contributed by atoms with Crippen molar-refractivity contribution in [2.45, 2.75) is 51.2 Å². The zero-order valence-corrected chi connectivity index (χ0v) is 15.6. The van der Waals surface area contributed by atoms with Crippen molar-refractivity contribution in [1.82, 2.24) is 15.5 Å². The van der Waals surface area contributed by atoms with Gasteiger partial charge in [-0.15, -0.1) is 10.2 Å². The van der Waals surface area contributed by atoms with Crippen molar-refractivity contribution in [3.8, 4) is 11.5 Å². The Labute approximate surface area is 147 Å². The van der Waals surface area contributed by atoms with Crippen LogP contribution in [0.1, 0.15) is 46.1 Å². The van der Waals surface area contributed by atoms with E-state index in [2.05, 4.69) is 55.3 Å². The van der Waals surface area contributed by atoms with E-state index in [1.54, 1.807) is 0 Å². The first-order valence-corrected chi connectivity index (χ1v) is 9.22. The van der Waals surface area contributed by atoms with Gasteiger partial charge in [-0.1, -0.05) is 58.0 Å². The van der Waals surface area contributed by atoms with Crippen LogP contribution in [0.4, 0.5) is 0 Å². The standard InChI is InChI=1S/C18H25N3O2S/c1-5-6-11-19-15(22)12-24-17-21-20-16(23-17)13-7-9-14(10-8-13)18(2,3)4/h7-10H,5-6,11-12H2,1-4H3,(H,19,22). The number of carbonyl (C=O) groups excluding carboxylic acids is 1. The molecule has 130 valence electrons. The molecule has 1 aromatic heterocycles. The van der Waals surface area contributed by atoms with Crippen LogP contribution in [0.25, 0.3) is 11.5 Å². The zero-order valence-electron chi connectivity index (χ0n) is 14.8. The lowest BCUT2D eigenvalue weighted by molar-refractivity contribution is -0.118. The van der Waals surface area contributed by atoms with Crippen LogP contribution in [0.3, 0.4) is 0 Å². The minimum atomic E-state index is -0.0114. The number of benzene rings is 1. The molecule has 0 aliphatic heterocycles. The number of amides is 1. The van der Waals surface area contributed by atoms with Gasteiger partial charge in [0.25, 0.3) is 5.22 Å². The van der Waals surface area contributed by atoms with Crippen LogP contribution in [0.5, 0.6) is 0 Å². The van der Waals surface area contributed by atoms with Gasteiger partial charge in [-0.25, -0.2) is 0 Å². The van der Waals surface area contributed by atoms with E-state index in [1.165, 1.54) is 17.3 Å². The second-order valence-electron chi connectivity index (χ2n) is 6.69. The maximum atomic E-state index is 11.7. The number of nitrogens with one attached hydrogen (secondary N) is 1. The predicted octanol–water partition coefficient (Wildman–Crippen LogP) is 4.04. The maximum absolute atomic E-state index is 11.7. The summed E-state index contributed by atoms with van der Waals surface area (Å²) in [5.41, 5.74) is 2.25. The third kappa shape index (κ3) is 5.37. The molecule has 0 aliphatic carbocycles. The van der Waals surface area contributed by atoms with E-state index < -0.39 is 0 Å². The molecule has 0 saturated carbocycles. The molecular weight excluding hydrogens is 322 g/mol. The fraction of sp³-hybridized carbons (Fsp3) is 0.500. The van der Waals surface area contributed by atoms with E-state index in [0.29, 0.717) is 17.7 Å². The lowest BCUT2D eigenvalue weighted by atomic mass is 9.87. The first-order chi connectivity index (χ1) is 11.4. The van der Waals surface area contributed by atoms with Crippen molar-refractivity contribution in [2.24, 2.45) is 0 Å². The van der Waals surface area contributed by atoms with Gasteiger partial charge in [0, 0.05) is 12.1 Å². The Morgan fingerprint density at radius 2 is 1.92 bits per heavy atom. The molecule has 2 aromatic rings. The molecule has 1 aromatic carbocycles. The molecule has 0 radical (unpaired) electrons. The molecule has 6 heteroatoms. The molecule has 1 heterocycles. The van der Waals surface area contributed by atoms with E-state index in [0.717, 1.165) is 18.4 Å². The molecule has 0 atom stereocenters. The van der Waals surface area contributed by atoms with E-state index in [1.807, 2.05) is 12.1 Å². The summed E-state index contributed by atoms with van der Waals surface area (Å²) in [6.45, 7) is 9.33. The van der Waals surface area contributed by atoms with Crippen LogP contribution in [0.2, 0.25) is 0 Å². The van der Waals surface area contributed by atoms with Crippen LogP contribution in [-0.4, -0.2) is 28.4 Å². The molecule has 2 rings (SSSR count). The highest BCUT2D eigenvalue weighted by atomic mass is 32.2. The molecule has 0 bridgehead atoms. The fourth-order valence-corrected chi connectivity index (χ4v) is 2.67. The summed E-state index contributed by atoms with van der Waals surface area (Å²) in [5.74, 6) is 0.751. The minimum Gasteiger partial charge on any atom is -0.411 e. The van der Waals surface area contributed by atoms with Gasteiger partial charge in [-0.2, -0.15) is 0 Å². The van der Waals surface area contributed by atoms with Crippen molar-refractivity contribution in [3.63, 3.8) is 0 Å². The minimum absolute atomic E-state index is 0.0114. The van der Waals surface area contributed by atoms with Crippen LogP contribution in [0.15, 0.2) is 33.9 Å². The van der Waals surface area contributed by atoms with Gasteiger partial charge in [0.05, 0.1) is 5.75 Å². The smallest absolute Gasteiger partial charge is 0.277 e. The molecular formula is C18H25N3O2S. The van der Waals surface area contributed by atoms with Gasteiger partial charge in [-0.05, 0) is 29.5 Å². The molecule has 24 heavy (non-hydrogen) atoms. The molecule has 1 N–H and O–H groups in total. The van der Waals surface area contributed by atoms with E-state index in [9.17, 15) is 4.79 Å². The molecule has 0 saturated heterocycles. The molecule has 0 spiro atoms. The van der Waals surface area contributed by atoms with E-state index >= 15 is 0 Å². The molecule has 1 amide bonds. The maximum Gasteiger partial charge on any atom is 0.277 e. The molecule has 0 fully saturated rings. The SMILES string of the molecule is CCCCNC(=O)CSc1nnc(-c2ccc(C(C)(C)C)cc2)o1. The normalized spacial score (nSPS) is 11.5. The summed E-state index contributed by atoms with van der Waals surface area (Å²) in [5, 5.41) is 11.3. The summed E-state index contributed by atoms with van der Waals surface area (Å²) in [4.78, 5) is 11.7. The quantitative estimate of drug-likeness (QED) is 0.605. The first kappa shape index (κ1) is 18.5. The van der Waals surface area contributed by atoms with Gasteiger partial charge in [0.15, 0.2) is 0 Å². The third-order valence-corrected chi connectivity index (χ3v) is 4.40. The highest BCUT2D eigenvalue weighted by molar-refractivity contribution is 7.99. The lowest BCUT2D eigenvalue weighted by Gasteiger charge is -2.18. The van der Waals surface area contributed by atoms with Gasteiger partial charge in [0.2, 0.25) is 11.8 Å². The predicted molar refractivity (Wildman–Crippen MR) is 97.1 cm³/mol. The Morgan fingerprint density at radius 1 is 1.21 bits per heavy atom. The van der Waals surface area contributed by atoms with Gasteiger partial charge < -0.3 is 9.73 Å². The summed E-state index contributed by atoms with van der Waals surface area (Å²) in [6.07, 6.45) is 2.06. The summed E-state index contributed by atoms with van der Waals surface area (Å²) >= 11 is 1.26. The Hall–Kier alpha value is -1.82. The number of hydrogen-bond acceptors (Lipinski definition) is 5. The second-order valence-corrected chi connectivity index (χ2v) is 7.62. The third-order valence-electron chi connectivity index (χ3n) is 3.58. The summed E-state index contributed by atoms with van der Waals surface area (Å²) in [6, 6.07) is 8.13. The first-order valence-electron chi connectivity index (χ1n) is 8.24. The Balaban J connectivity index is 1.92. The zero-order chi connectivity index (χ0) is 17.6. The van der Waals surface area contributed by atoms with Crippen molar-refractivity contribution in [1.29, 1.82) is 0 Å². The number of aromatic nitrogens is 2. The Kier molecular flexibility index (Phi) is 6.43. The van der Waals surface area contributed by atoms with E-state index in [4.69, 9.17) is 4.42 Å². The average Bonchev–Trinajstić information content (AvgIpc) is 3.01. The highest BCUT2D eigenvalue weighted by Crippen LogP contribution is 2.27. The van der Waals surface area contributed by atoms with Crippen molar-refractivity contribution in [2.75, 3.05) is 12.3 Å². The molecule has 5 nitrogen and oxygen atoms in total. The lowest BCUT2D eigenvalue weighted by Crippen LogP contribution is -2.25. The van der Waals surface area contributed by atoms with Gasteiger partial charge in [-0.3, -0.25) is 4.79 Å². The Bertz CT molecular complexity index is 660. The number of carbonyl (C=O) groups is 1. The molecule has 0 unspecified atom stereocenters. The highest BCUT2D eigenvalue weighted by Gasteiger charge is 2.15. The summed E-state index contributed by atoms with van der Waals surface area (Å²) < 4.78 is 5.63. The van der Waals surface area contributed by atoms with E-state index in [-0.39, 0.29) is 17.1 Å². The van der Waals surface area contributed by atoms with Crippen LogP contribution < -0.4 is 5.32 Å². The number of unbranched alkanes of at least 4 members (excludes halogenated alkanes) is 1. The summed E-state index contributed by atoms with van der Waals surface area (Å²) in [7, 11) is 0. The van der Waals surface area contributed by atoms with Gasteiger partial charge in [0.1, 0.15) is 0 Å². The van der Waals surface area contributed by atoms with Crippen LogP contribution in [-0.2, 0) is 10.2 Å². The van der Waals surface area contributed by atoms with Crippen LogP contribution >= 0.6 is 11.8 Å². The van der Waals surface area contributed by atoms with Crippen molar-refractivity contribution in [3.05, 3.63) is 29.8 Å². The fourth-order valence-electron chi connectivity index (χ4n) is 2.08. The second kappa shape index (κ2) is 8.33. The number of hydrogen-bond donors (Lipinski definition) is 1. The number of nitrogens with zero attached hydrogens (tertiary/aromatic N) is 2. The Morgan fingerprint density at radius 3 is 2.54 bits per heavy atom. The van der Waals surface area contributed by atoms with Crippen LogP contribution in [0, 0.1) is 0 Å². The molecule has 0 aliphatic rings. The van der Waals surface area contributed by atoms with Crippen molar-refractivity contribution < 1.29 is 9.21 Å². The van der Waals surface area contributed by atoms with Gasteiger partial charge >= 0.3 is 0 Å². The largest absolute Gasteiger partial charge is 0.411 e.